The van der Waals surface area contributed by atoms with Crippen molar-refractivity contribution in [3.05, 3.63) is 71.1 Å². The SMILES string of the molecule is COC(=O)c1cccc(CN2CCN(Cc3nc(-c4ccc(C)cc4)no3)CC2)c1. The molecule has 2 aromatic carbocycles. The third kappa shape index (κ3) is 4.93. The highest BCUT2D eigenvalue weighted by Crippen LogP contribution is 2.18. The lowest BCUT2D eigenvalue weighted by atomic mass is 10.1. The van der Waals surface area contributed by atoms with Gasteiger partial charge in [-0.25, -0.2) is 4.79 Å². The number of nitrogens with zero attached hydrogens (tertiary/aromatic N) is 4. The van der Waals surface area contributed by atoms with Gasteiger partial charge in [-0.05, 0) is 24.6 Å². The van der Waals surface area contributed by atoms with E-state index in [-0.39, 0.29) is 5.97 Å². The van der Waals surface area contributed by atoms with Crippen LogP contribution in [-0.4, -0.2) is 59.2 Å². The summed E-state index contributed by atoms with van der Waals surface area (Å²) >= 11 is 0. The van der Waals surface area contributed by atoms with Crippen LogP contribution in [0.25, 0.3) is 11.4 Å². The number of carbonyl (C=O) groups is 1. The van der Waals surface area contributed by atoms with Crippen LogP contribution in [0, 0.1) is 6.92 Å². The summed E-state index contributed by atoms with van der Waals surface area (Å²) in [6, 6.07) is 15.8. The molecule has 0 saturated carbocycles. The minimum absolute atomic E-state index is 0.300. The van der Waals surface area contributed by atoms with E-state index in [1.165, 1.54) is 12.7 Å². The lowest BCUT2D eigenvalue weighted by Crippen LogP contribution is -2.45. The molecule has 0 unspecified atom stereocenters. The smallest absolute Gasteiger partial charge is 0.337 e. The first-order chi connectivity index (χ1) is 14.6. The number of rotatable bonds is 6. The van der Waals surface area contributed by atoms with Gasteiger partial charge < -0.3 is 9.26 Å². The van der Waals surface area contributed by atoms with Crippen molar-refractivity contribution in [2.24, 2.45) is 0 Å². The first-order valence-electron chi connectivity index (χ1n) is 10.1. The quantitative estimate of drug-likeness (QED) is 0.582. The number of methoxy groups -OCH3 is 1. The van der Waals surface area contributed by atoms with Gasteiger partial charge in [0.2, 0.25) is 11.7 Å². The second-order valence-electron chi connectivity index (χ2n) is 7.62. The summed E-state index contributed by atoms with van der Waals surface area (Å²) in [5.41, 5.74) is 3.88. The van der Waals surface area contributed by atoms with Crippen LogP contribution < -0.4 is 0 Å². The molecule has 156 valence electrons. The fraction of sp³-hybridized carbons (Fsp3) is 0.348. The lowest BCUT2D eigenvalue weighted by Gasteiger charge is -2.33. The molecule has 0 bridgehead atoms. The van der Waals surface area contributed by atoms with Crippen molar-refractivity contribution >= 4 is 5.97 Å². The monoisotopic (exact) mass is 406 g/mol. The van der Waals surface area contributed by atoms with Gasteiger partial charge in [-0.15, -0.1) is 0 Å². The molecule has 1 aromatic heterocycles. The first-order valence-corrected chi connectivity index (χ1v) is 10.1. The normalized spacial score (nSPS) is 15.3. The third-order valence-corrected chi connectivity index (χ3v) is 5.36. The minimum atomic E-state index is -0.300. The standard InChI is InChI=1S/C23H26N4O3/c1-17-6-8-19(9-7-17)22-24-21(30-25-22)16-27-12-10-26(11-13-27)15-18-4-3-5-20(14-18)23(28)29-2/h3-9,14H,10-13,15-16H2,1-2H3. The number of aryl methyl sites for hydroxylation is 1. The number of benzene rings is 2. The Morgan fingerprint density at radius 3 is 2.43 bits per heavy atom. The van der Waals surface area contributed by atoms with Crippen LogP contribution >= 0.6 is 0 Å². The molecule has 3 aromatic rings. The Labute approximate surface area is 176 Å². The summed E-state index contributed by atoms with van der Waals surface area (Å²) in [6.45, 7) is 7.28. The van der Waals surface area contributed by atoms with Gasteiger partial charge in [0.15, 0.2) is 0 Å². The van der Waals surface area contributed by atoms with E-state index >= 15 is 0 Å². The molecule has 0 aliphatic carbocycles. The van der Waals surface area contributed by atoms with Crippen molar-refractivity contribution in [1.29, 1.82) is 0 Å². The maximum atomic E-state index is 11.7. The molecular weight excluding hydrogens is 380 g/mol. The predicted octanol–water partition coefficient (Wildman–Crippen LogP) is 3.15. The average molecular weight is 406 g/mol. The van der Waals surface area contributed by atoms with Crippen molar-refractivity contribution in [3.63, 3.8) is 0 Å². The first kappa shape index (κ1) is 20.3. The zero-order chi connectivity index (χ0) is 20.9. The number of esters is 1. The highest BCUT2D eigenvalue weighted by Gasteiger charge is 2.20. The second kappa shape index (κ2) is 9.19. The fourth-order valence-corrected chi connectivity index (χ4v) is 3.61. The van der Waals surface area contributed by atoms with Crippen LogP contribution in [0.3, 0.4) is 0 Å². The summed E-state index contributed by atoms with van der Waals surface area (Å²) in [6.07, 6.45) is 0. The second-order valence-corrected chi connectivity index (χ2v) is 7.62. The van der Waals surface area contributed by atoms with E-state index in [1.807, 2.05) is 42.5 Å². The molecule has 1 fully saturated rings. The molecule has 7 nitrogen and oxygen atoms in total. The zero-order valence-corrected chi connectivity index (χ0v) is 17.4. The number of hydrogen-bond donors (Lipinski definition) is 0. The van der Waals surface area contributed by atoms with E-state index in [9.17, 15) is 4.79 Å². The van der Waals surface area contributed by atoms with E-state index in [1.54, 1.807) is 6.07 Å². The van der Waals surface area contributed by atoms with Crippen molar-refractivity contribution in [2.45, 2.75) is 20.0 Å². The van der Waals surface area contributed by atoms with Crippen LogP contribution in [0.15, 0.2) is 53.1 Å². The largest absolute Gasteiger partial charge is 0.465 e. The summed E-state index contributed by atoms with van der Waals surface area (Å²) in [5, 5.41) is 4.12. The molecule has 30 heavy (non-hydrogen) atoms. The maximum absolute atomic E-state index is 11.7. The molecule has 0 spiro atoms. The van der Waals surface area contributed by atoms with E-state index < -0.39 is 0 Å². The Morgan fingerprint density at radius 2 is 1.73 bits per heavy atom. The molecular formula is C23H26N4O3. The number of carbonyl (C=O) groups excluding carboxylic acids is 1. The predicted molar refractivity (Wildman–Crippen MR) is 113 cm³/mol. The maximum Gasteiger partial charge on any atom is 0.337 e. The van der Waals surface area contributed by atoms with Gasteiger partial charge in [0.1, 0.15) is 0 Å². The van der Waals surface area contributed by atoms with Crippen molar-refractivity contribution in [1.82, 2.24) is 19.9 Å². The molecule has 0 amide bonds. The van der Waals surface area contributed by atoms with E-state index in [2.05, 4.69) is 26.9 Å². The van der Waals surface area contributed by atoms with Crippen LogP contribution in [0.5, 0.6) is 0 Å². The van der Waals surface area contributed by atoms with Gasteiger partial charge in [-0.3, -0.25) is 9.80 Å². The summed E-state index contributed by atoms with van der Waals surface area (Å²) in [5.74, 6) is 0.977. The lowest BCUT2D eigenvalue weighted by molar-refractivity contribution is 0.0600. The van der Waals surface area contributed by atoms with Crippen molar-refractivity contribution in [3.8, 4) is 11.4 Å². The van der Waals surface area contributed by atoms with E-state index in [0.29, 0.717) is 23.8 Å². The van der Waals surface area contributed by atoms with Crippen LogP contribution in [0.2, 0.25) is 0 Å². The van der Waals surface area contributed by atoms with Crippen LogP contribution in [0.4, 0.5) is 0 Å². The highest BCUT2D eigenvalue weighted by atomic mass is 16.5. The topological polar surface area (TPSA) is 71.7 Å². The fourth-order valence-electron chi connectivity index (χ4n) is 3.61. The van der Waals surface area contributed by atoms with Gasteiger partial charge in [0.25, 0.3) is 0 Å². The van der Waals surface area contributed by atoms with Gasteiger partial charge in [0.05, 0.1) is 19.2 Å². The number of ether oxygens (including phenoxy) is 1. The Kier molecular flexibility index (Phi) is 6.21. The van der Waals surface area contributed by atoms with Gasteiger partial charge in [-0.2, -0.15) is 4.98 Å². The molecule has 7 heteroatoms. The third-order valence-electron chi connectivity index (χ3n) is 5.36. The molecule has 0 radical (unpaired) electrons. The summed E-state index contributed by atoms with van der Waals surface area (Å²) in [7, 11) is 1.40. The number of aromatic nitrogens is 2. The zero-order valence-electron chi connectivity index (χ0n) is 17.4. The van der Waals surface area contributed by atoms with Crippen molar-refractivity contribution in [2.75, 3.05) is 33.3 Å². The molecule has 2 heterocycles. The number of hydrogen-bond acceptors (Lipinski definition) is 7. The van der Waals surface area contributed by atoms with Crippen LogP contribution in [-0.2, 0) is 17.8 Å². The summed E-state index contributed by atoms with van der Waals surface area (Å²) in [4.78, 5) is 21.0. The molecule has 0 N–H and O–H groups in total. The minimum Gasteiger partial charge on any atom is -0.465 e. The van der Waals surface area contributed by atoms with E-state index in [0.717, 1.165) is 43.9 Å². The molecule has 4 rings (SSSR count). The molecule has 1 aliphatic rings. The molecule has 1 saturated heterocycles. The Morgan fingerprint density at radius 1 is 1.03 bits per heavy atom. The molecule has 1 aliphatic heterocycles. The van der Waals surface area contributed by atoms with Gasteiger partial charge >= 0.3 is 5.97 Å². The van der Waals surface area contributed by atoms with Gasteiger partial charge in [-0.1, -0.05) is 47.1 Å². The Balaban J connectivity index is 1.29. The van der Waals surface area contributed by atoms with Crippen LogP contribution in [0.1, 0.15) is 27.4 Å². The van der Waals surface area contributed by atoms with Crippen molar-refractivity contribution < 1.29 is 14.1 Å². The Bertz CT molecular complexity index is 992. The highest BCUT2D eigenvalue weighted by molar-refractivity contribution is 5.89. The number of piperazine rings is 1. The Hall–Kier alpha value is -3.03. The average Bonchev–Trinajstić information content (AvgIpc) is 3.24. The summed E-state index contributed by atoms with van der Waals surface area (Å²) < 4.78 is 10.3. The van der Waals surface area contributed by atoms with E-state index in [4.69, 9.17) is 9.26 Å². The molecule has 0 atom stereocenters. The van der Waals surface area contributed by atoms with Gasteiger partial charge in [0, 0.05) is 38.3 Å².